The van der Waals surface area contributed by atoms with Gasteiger partial charge < -0.3 is 10.3 Å². The predicted molar refractivity (Wildman–Crippen MR) is 88.0 cm³/mol. The van der Waals surface area contributed by atoms with E-state index in [9.17, 15) is 0 Å². The maximum atomic E-state index is 5.87. The van der Waals surface area contributed by atoms with Crippen LogP contribution in [0.15, 0.2) is 57.5 Å². The van der Waals surface area contributed by atoms with Crippen molar-refractivity contribution in [1.82, 2.24) is 5.16 Å². The van der Waals surface area contributed by atoms with Gasteiger partial charge in [-0.05, 0) is 35.7 Å². The van der Waals surface area contributed by atoms with Crippen molar-refractivity contribution in [3.8, 4) is 11.1 Å². The molecule has 2 N–H and O–H groups in total. The van der Waals surface area contributed by atoms with E-state index in [1.165, 1.54) is 11.1 Å². The van der Waals surface area contributed by atoms with Crippen LogP contribution in [0.3, 0.4) is 0 Å². The molecule has 0 saturated heterocycles. The zero-order valence-electron chi connectivity index (χ0n) is 11.6. The number of rotatable bonds is 3. The van der Waals surface area contributed by atoms with Crippen molar-refractivity contribution in [2.24, 2.45) is 0 Å². The molecule has 3 aromatic rings. The molecule has 106 valence electrons. The fraction of sp³-hybridized carbons (Fsp3) is 0.118. The molecule has 1 heterocycles. The van der Waals surface area contributed by atoms with E-state index in [4.69, 9.17) is 10.3 Å². The Hall–Kier alpha value is -2.07. The zero-order valence-corrected chi connectivity index (χ0v) is 13.2. The van der Waals surface area contributed by atoms with Gasteiger partial charge in [-0.3, -0.25) is 0 Å². The van der Waals surface area contributed by atoms with Gasteiger partial charge in [0.1, 0.15) is 5.76 Å². The number of aromatic nitrogens is 1. The lowest BCUT2D eigenvalue weighted by atomic mass is 9.99. The van der Waals surface area contributed by atoms with Crippen molar-refractivity contribution in [1.29, 1.82) is 0 Å². The first-order valence-corrected chi connectivity index (χ1v) is 7.49. The van der Waals surface area contributed by atoms with Gasteiger partial charge in [-0.2, -0.15) is 0 Å². The lowest BCUT2D eigenvalue weighted by Gasteiger charge is -2.08. The number of nitrogens with two attached hydrogens (primary N) is 1. The van der Waals surface area contributed by atoms with Gasteiger partial charge in [-0.25, -0.2) is 0 Å². The molecule has 0 aliphatic heterocycles. The summed E-state index contributed by atoms with van der Waals surface area (Å²) in [5.41, 5.74) is 10.4. The number of hydrogen-bond donors (Lipinski definition) is 1. The Labute approximate surface area is 131 Å². The normalized spacial score (nSPS) is 10.8. The molecule has 2 aromatic carbocycles. The summed E-state index contributed by atoms with van der Waals surface area (Å²) in [5, 5.41) is 3.81. The van der Waals surface area contributed by atoms with Gasteiger partial charge in [0.2, 0.25) is 0 Å². The molecule has 3 rings (SSSR count). The highest BCUT2D eigenvalue weighted by molar-refractivity contribution is 9.10. The van der Waals surface area contributed by atoms with Crippen LogP contribution in [0.1, 0.15) is 16.9 Å². The van der Waals surface area contributed by atoms with Crippen LogP contribution >= 0.6 is 15.9 Å². The van der Waals surface area contributed by atoms with Crippen LogP contribution in [-0.4, -0.2) is 5.16 Å². The Morgan fingerprint density at radius 3 is 2.52 bits per heavy atom. The monoisotopic (exact) mass is 342 g/mol. The van der Waals surface area contributed by atoms with E-state index in [0.717, 1.165) is 21.4 Å². The van der Waals surface area contributed by atoms with Gasteiger partial charge in [0.25, 0.3) is 0 Å². The first kappa shape index (κ1) is 13.9. The van der Waals surface area contributed by atoms with E-state index in [1.54, 1.807) is 0 Å². The lowest BCUT2D eigenvalue weighted by molar-refractivity contribution is 0.399. The van der Waals surface area contributed by atoms with Crippen molar-refractivity contribution < 1.29 is 4.52 Å². The molecule has 21 heavy (non-hydrogen) atoms. The van der Waals surface area contributed by atoms with Crippen LogP contribution in [0.4, 0.5) is 5.82 Å². The Kier molecular flexibility index (Phi) is 3.80. The van der Waals surface area contributed by atoms with Gasteiger partial charge in [-0.15, -0.1) is 0 Å². The quantitative estimate of drug-likeness (QED) is 0.757. The highest BCUT2D eigenvalue weighted by Gasteiger charge is 2.13. The molecule has 0 fully saturated rings. The SMILES string of the molecule is Cc1onc(N)c1Cc1cc(-c2ccccc2)ccc1Br. The average Bonchev–Trinajstić information content (AvgIpc) is 2.82. The van der Waals surface area contributed by atoms with Crippen LogP contribution in [0.25, 0.3) is 11.1 Å². The van der Waals surface area contributed by atoms with Crippen LogP contribution < -0.4 is 5.73 Å². The maximum Gasteiger partial charge on any atom is 0.170 e. The molecule has 0 aliphatic rings. The molecule has 1 aromatic heterocycles. The van der Waals surface area contributed by atoms with Crippen molar-refractivity contribution in [3.05, 3.63) is 69.9 Å². The largest absolute Gasteiger partial charge is 0.381 e. The third kappa shape index (κ3) is 2.85. The average molecular weight is 343 g/mol. The van der Waals surface area contributed by atoms with Crippen molar-refractivity contribution in [2.75, 3.05) is 5.73 Å². The molecular weight excluding hydrogens is 328 g/mol. The smallest absolute Gasteiger partial charge is 0.170 e. The van der Waals surface area contributed by atoms with Crippen LogP contribution in [-0.2, 0) is 6.42 Å². The van der Waals surface area contributed by atoms with E-state index in [-0.39, 0.29) is 0 Å². The lowest BCUT2D eigenvalue weighted by Crippen LogP contribution is -1.96. The molecule has 0 spiro atoms. The summed E-state index contributed by atoms with van der Waals surface area (Å²) in [4.78, 5) is 0. The van der Waals surface area contributed by atoms with Gasteiger partial charge in [0, 0.05) is 16.5 Å². The summed E-state index contributed by atoms with van der Waals surface area (Å²) >= 11 is 3.61. The Balaban J connectivity index is 1.99. The van der Waals surface area contributed by atoms with Crippen LogP contribution in [0, 0.1) is 6.92 Å². The standard InChI is InChI=1S/C17H15BrN2O/c1-11-15(17(19)20-21-11)10-14-9-13(7-8-16(14)18)12-5-3-2-4-6-12/h2-9H,10H2,1H3,(H2,19,20). The second-order valence-corrected chi connectivity index (χ2v) is 5.81. The number of anilines is 1. The van der Waals surface area contributed by atoms with E-state index in [2.05, 4.69) is 51.4 Å². The molecule has 0 saturated carbocycles. The fourth-order valence-corrected chi connectivity index (χ4v) is 2.72. The minimum atomic E-state index is 0.463. The Morgan fingerprint density at radius 1 is 1.10 bits per heavy atom. The highest BCUT2D eigenvalue weighted by atomic mass is 79.9. The maximum absolute atomic E-state index is 5.87. The second kappa shape index (κ2) is 5.74. The summed E-state index contributed by atoms with van der Waals surface area (Å²) in [5.74, 6) is 1.23. The number of halogens is 1. The number of benzene rings is 2. The van der Waals surface area contributed by atoms with Gasteiger partial charge in [-0.1, -0.05) is 57.5 Å². The molecular formula is C17H15BrN2O. The molecule has 0 atom stereocenters. The van der Waals surface area contributed by atoms with Gasteiger partial charge in [0.15, 0.2) is 5.82 Å². The van der Waals surface area contributed by atoms with Crippen molar-refractivity contribution in [3.63, 3.8) is 0 Å². The molecule has 4 heteroatoms. The number of nitrogen functional groups attached to an aromatic ring is 1. The van der Waals surface area contributed by atoms with E-state index in [1.807, 2.05) is 25.1 Å². The van der Waals surface area contributed by atoms with Crippen molar-refractivity contribution in [2.45, 2.75) is 13.3 Å². The number of hydrogen-bond acceptors (Lipinski definition) is 3. The molecule has 0 aliphatic carbocycles. The molecule has 0 amide bonds. The summed E-state index contributed by atoms with van der Waals surface area (Å²) in [6, 6.07) is 16.6. The van der Waals surface area contributed by atoms with Crippen molar-refractivity contribution >= 4 is 21.7 Å². The molecule has 0 unspecified atom stereocenters. The summed E-state index contributed by atoms with van der Waals surface area (Å²) < 4.78 is 6.19. The number of nitrogens with zero attached hydrogens (tertiary/aromatic N) is 1. The third-order valence-electron chi connectivity index (χ3n) is 3.54. The van der Waals surface area contributed by atoms with E-state index < -0.39 is 0 Å². The Morgan fingerprint density at radius 2 is 1.86 bits per heavy atom. The molecule has 0 radical (unpaired) electrons. The summed E-state index contributed by atoms with van der Waals surface area (Å²) in [6.45, 7) is 1.88. The minimum Gasteiger partial charge on any atom is -0.381 e. The third-order valence-corrected chi connectivity index (χ3v) is 4.31. The Bertz CT molecular complexity index is 746. The molecule has 3 nitrogen and oxygen atoms in total. The van der Waals surface area contributed by atoms with E-state index in [0.29, 0.717) is 12.2 Å². The zero-order chi connectivity index (χ0) is 14.8. The van der Waals surface area contributed by atoms with Gasteiger partial charge in [0.05, 0.1) is 0 Å². The summed E-state index contributed by atoms with van der Waals surface area (Å²) in [6.07, 6.45) is 0.697. The fourth-order valence-electron chi connectivity index (χ4n) is 2.33. The predicted octanol–water partition coefficient (Wildman–Crippen LogP) is 4.59. The first-order valence-electron chi connectivity index (χ1n) is 6.69. The van der Waals surface area contributed by atoms with Crippen LogP contribution in [0.2, 0.25) is 0 Å². The topological polar surface area (TPSA) is 52.0 Å². The van der Waals surface area contributed by atoms with E-state index >= 15 is 0 Å². The highest BCUT2D eigenvalue weighted by Crippen LogP contribution is 2.29. The van der Waals surface area contributed by atoms with Gasteiger partial charge >= 0.3 is 0 Å². The molecule has 0 bridgehead atoms. The second-order valence-electron chi connectivity index (χ2n) is 4.95. The first-order chi connectivity index (χ1) is 10.1. The summed E-state index contributed by atoms with van der Waals surface area (Å²) in [7, 11) is 0. The number of aryl methyl sites for hydroxylation is 1. The van der Waals surface area contributed by atoms with Crippen LogP contribution in [0.5, 0.6) is 0 Å². The minimum absolute atomic E-state index is 0.463.